The van der Waals surface area contributed by atoms with E-state index < -0.39 is 9.84 Å². The zero-order valence-electron chi connectivity index (χ0n) is 14.5. The van der Waals surface area contributed by atoms with Crippen LogP contribution in [0.3, 0.4) is 0 Å². The van der Waals surface area contributed by atoms with Crippen molar-refractivity contribution in [3.63, 3.8) is 0 Å². The number of hydrogen-bond acceptors (Lipinski definition) is 3. The summed E-state index contributed by atoms with van der Waals surface area (Å²) >= 11 is 0. The van der Waals surface area contributed by atoms with Gasteiger partial charge in [-0.05, 0) is 49.3 Å². The summed E-state index contributed by atoms with van der Waals surface area (Å²) in [6, 6.07) is 6.36. The fraction of sp³-hybridized carbons (Fsp3) is 0.611. The minimum atomic E-state index is -3.03. The maximum atomic E-state index is 13.1. The SMILES string of the molecule is CS(=O)(=O)C[C@H]1CCCN(C(=O)NCC2(c3ccc(F)cc3)CC2)C1. The number of halogens is 1. The molecular formula is C18H25FN2O3S. The van der Waals surface area contributed by atoms with Crippen LogP contribution in [0.1, 0.15) is 31.2 Å². The topological polar surface area (TPSA) is 66.5 Å². The molecule has 1 saturated heterocycles. The van der Waals surface area contributed by atoms with Crippen LogP contribution in [0.2, 0.25) is 0 Å². The normalized spacial score (nSPS) is 22.5. The Labute approximate surface area is 148 Å². The number of nitrogens with zero attached hydrogens (tertiary/aromatic N) is 1. The number of piperidine rings is 1. The Bertz CT molecular complexity index is 729. The van der Waals surface area contributed by atoms with Crippen molar-refractivity contribution in [1.82, 2.24) is 10.2 Å². The van der Waals surface area contributed by atoms with Crippen molar-refractivity contribution in [3.05, 3.63) is 35.6 Å². The second kappa shape index (κ2) is 6.94. The van der Waals surface area contributed by atoms with Crippen molar-refractivity contribution in [2.24, 2.45) is 5.92 Å². The van der Waals surface area contributed by atoms with Gasteiger partial charge in [0.1, 0.15) is 15.7 Å². The smallest absolute Gasteiger partial charge is 0.317 e. The number of carbonyl (C=O) groups is 1. The monoisotopic (exact) mass is 368 g/mol. The standard InChI is InChI=1S/C18H25FN2O3S/c1-25(23,24)12-14-3-2-10-21(11-14)17(22)20-13-18(8-9-18)15-4-6-16(19)7-5-15/h4-7,14H,2-3,8-13H2,1H3,(H,20,22)/t14-/m0/s1. The van der Waals surface area contributed by atoms with E-state index in [0.29, 0.717) is 19.6 Å². The summed E-state index contributed by atoms with van der Waals surface area (Å²) in [5, 5.41) is 3.00. The van der Waals surface area contributed by atoms with E-state index >= 15 is 0 Å². The van der Waals surface area contributed by atoms with Crippen molar-refractivity contribution in [2.45, 2.75) is 31.1 Å². The average molecular weight is 368 g/mol. The Balaban J connectivity index is 1.54. The molecule has 2 aliphatic rings. The lowest BCUT2D eigenvalue weighted by Gasteiger charge is -2.33. The first-order valence-corrected chi connectivity index (χ1v) is 10.8. The van der Waals surface area contributed by atoms with Crippen LogP contribution >= 0.6 is 0 Å². The molecule has 0 unspecified atom stereocenters. The Hall–Kier alpha value is -1.63. The van der Waals surface area contributed by atoms with Gasteiger partial charge in [-0.1, -0.05) is 12.1 Å². The molecule has 5 nitrogen and oxygen atoms in total. The Morgan fingerprint density at radius 3 is 2.60 bits per heavy atom. The number of hydrogen-bond donors (Lipinski definition) is 1. The van der Waals surface area contributed by atoms with Gasteiger partial charge in [0.15, 0.2) is 0 Å². The Morgan fingerprint density at radius 1 is 1.32 bits per heavy atom. The summed E-state index contributed by atoms with van der Waals surface area (Å²) in [5.41, 5.74) is 0.980. The number of nitrogens with one attached hydrogen (secondary N) is 1. The summed E-state index contributed by atoms with van der Waals surface area (Å²) < 4.78 is 36.0. The highest BCUT2D eigenvalue weighted by molar-refractivity contribution is 7.90. The minimum absolute atomic E-state index is 0.0153. The summed E-state index contributed by atoms with van der Waals surface area (Å²) in [4.78, 5) is 14.2. The number of carbonyl (C=O) groups excluding carboxylic acids is 1. The van der Waals surface area contributed by atoms with E-state index in [0.717, 1.165) is 31.2 Å². The molecule has 2 amide bonds. The lowest BCUT2D eigenvalue weighted by molar-refractivity contribution is 0.169. The van der Waals surface area contributed by atoms with Crippen LogP contribution in [-0.4, -0.2) is 51.0 Å². The zero-order valence-corrected chi connectivity index (χ0v) is 15.3. The van der Waals surface area contributed by atoms with Crippen molar-refractivity contribution in [1.29, 1.82) is 0 Å². The highest BCUT2D eigenvalue weighted by Crippen LogP contribution is 2.47. The largest absolute Gasteiger partial charge is 0.337 e. The number of urea groups is 1. The first-order chi connectivity index (χ1) is 11.8. The van der Waals surface area contributed by atoms with Gasteiger partial charge >= 0.3 is 6.03 Å². The maximum Gasteiger partial charge on any atom is 0.317 e. The predicted octanol–water partition coefficient (Wildman–Crippen LogP) is 2.32. The number of amides is 2. The molecule has 1 aliphatic heterocycles. The lowest BCUT2D eigenvalue weighted by atomic mass is 9.96. The molecule has 138 valence electrons. The van der Waals surface area contributed by atoms with E-state index in [9.17, 15) is 17.6 Å². The fourth-order valence-corrected chi connectivity index (χ4v) is 4.82. The number of rotatable bonds is 5. The highest BCUT2D eigenvalue weighted by atomic mass is 32.2. The first kappa shape index (κ1) is 18.2. The van der Waals surface area contributed by atoms with Gasteiger partial charge in [0.2, 0.25) is 0 Å². The molecule has 0 aromatic heterocycles. The van der Waals surface area contributed by atoms with Crippen LogP contribution < -0.4 is 5.32 Å². The molecular weight excluding hydrogens is 343 g/mol. The van der Waals surface area contributed by atoms with Crippen molar-refractivity contribution >= 4 is 15.9 Å². The average Bonchev–Trinajstić information content (AvgIpc) is 3.33. The second-order valence-corrected chi connectivity index (χ2v) is 9.68. The van der Waals surface area contributed by atoms with Crippen LogP contribution in [0.4, 0.5) is 9.18 Å². The maximum absolute atomic E-state index is 13.1. The molecule has 1 heterocycles. The number of sulfone groups is 1. The van der Waals surface area contributed by atoms with Crippen LogP contribution in [0.25, 0.3) is 0 Å². The van der Waals surface area contributed by atoms with Crippen molar-refractivity contribution in [3.8, 4) is 0 Å². The van der Waals surface area contributed by atoms with Gasteiger partial charge in [0.25, 0.3) is 0 Å². The molecule has 3 rings (SSSR count). The third-order valence-corrected chi connectivity index (χ3v) is 6.31. The van der Waals surface area contributed by atoms with E-state index in [4.69, 9.17) is 0 Å². The number of likely N-dealkylation sites (tertiary alicyclic amines) is 1. The van der Waals surface area contributed by atoms with Gasteiger partial charge in [0.05, 0.1) is 5.75 Å². The van der Waals surface area contributed by atoms with Gasteiger partial charge in [-0.15, -0.1) is 0 Å². The Kier molecular flexibility index (Phi) is 5.04. The van der Waals surface area contributed by atoms with Gasteiger partial charge in [-0.2, -0.15) is 0 Å². The van der Waals surface area contributed by atoms with E-state index in [1.807, 2.05) is 0 Å². The molecule has 2 fully saturated rings. The van der Waals surface area contributed by atoms with E-state index in [2.05, 4.69) is 5.32 Å². The van der Waals surface area contributed by atoms with Gasteiger partial charge in [0, 0.05) is 31.3 Å². The van der Waals surface area contributed by atoms with Crippen molar-refractivity contribution in [2.75, 3.05) is 31.6 Å². The third kappa shape index (κ3) is 4.71. The zero-order chi connectivity index (χ0) is 18.1. The quantitative estimate of drug-likeness (QED) is 0.867. The fourth-order valence-electron chi connectivity index (χ4n) is 3.69. The molecule has 25 heavy (non-hydrogen) atoms. The molecule has 0 radical (unpaired) electrons. The Morgan fingerprint density at radius 2 is 2.00 bits per heavy atom. The minimum Gasteiger partial charge on any atom is -0.337 e. The first-order valence-electron chi connectivity index (χ1n) is 8.74. The molecule has 1 atom stereocenters. The van der Waals surface area contributed by atoms with Crippen LogP contribution in [0.15, 0.2) is 24.3 Å². The van der Waals surface area contributed by atoms with Gasteiger partial charge in [-0.3, -0.25) is 0 Å². The summed E-state index contributed by atoms with van der Waals surface area (Å²) in [6.07, 6.45) is 4.88. The third-order valence-electron chi connectivity index (χ3n) is 5.23. The second-order valence-electron chi connectivity index (χ2n) is 7.49. The summed E-state index contributed by atoms with van der Waals surface area (Å²) in [7, 11) is -3.03. The summed E-state index contributed by atoms with van der Waals surface area (Å²) in [6.45, 7) is 1.68. The molecule has 1 aliphatic carbocycles. The number of benzene rings is 1. The lowest BCUT2D eigenvalue weighted by Crippen LogP contribution is -2.48. The van der Waals surface area contributed by atoms with Crippen molar-refractivity contribution < 1.29 is 17.6 Å². The van der Waals surface area contributed by atoms with E-state index in [1.165, 1.54) is 18.4 Å². The molecule has 1 saturated carbocycles. The molecule has 1 N–H and O–H groups in total. The predicted molar refractivity (Wildman–Crippen MR) is 94.7 cm³/mol. The van der Waals surface area contributed by atoms with Crippen LogP contribution in [0, 0.1) is 11.7 Å². The molecule has 0 spiro atoms. The van der Waals surface area contributed by atoms with Crippen LogP contribution in [-0.2, 0) is 15.3 Å². The van der Waals surface area contributed by atoms with Gasteiger partial charge < -0.3 is 10.2 Å². The van der Waals surface area contributed by atoms with E-state index in [-0.39, 0.29) is 28.9 Å². The highest BCUT2D eigenvalue weighted by Gasteiger charge is 2.44. The van der Waals surface area contributed by atoms with Gasteiger partial charge in [-0.25, -0.2) is 17.6 Å². The molecule has 1 aromatic rings. The molecule has 1 aromatic carbocycles. The van der Waals surface area contributed by atoms with E-state index in [1.54, 1.807) is 17.0 Å². The van der Waals surface area contributed by atoms with Crippen LogP contribution in [0.5, 0.6) is 0 Å². The molecule has 7 heteroatoms. The molecule has 0 bridgehead atoms. The summed E-state index contributed by atoms with van der Waals surface area (Å²) in [5.74, 6) is -0.105.